The van der Waals surface area contributed by atoms with Gasteiger partial charge in [-0.1, -0.05) is 13.0 Å². The first-order valence-corrected chi connectivity index (χ1v) is 7.20. The van der Waals surface area contributed by atoms with Crippen molar-refractivity contribution in [1.29, 1.82) is 0 Å². The van der Waals surface area contributed by atoms with Crippen LogP contribution in [-0.4, -0.2) is 41.9 Å². The summed E-state index contributed by atoms with van der Waals surface area (Å²) in [6.45, 7) is 6.90. The molecule has 1 aromatic heterocycles. The Kier molecular flexibility index (Phi) is 4.57. The summed E-state index contributed by atoms with van der Waals surface area (Å²) in [5.41, 5.74) is 0. The average Bonchev–Trinajstić information content (AvgIpc) is 2.83. The number of carbonyl (C=O) groups excluding carboxylic acids is 1. The van der Waals surface area contributed by atoms with Gasteiger partial charge in [0.15, 0.2) is 0 Å². The Hall–Kier alpha value is -0.870. The number of rotatable bonds is 4. The first-order valence-electron chi connectivity index (χ1n) is 6.32. The number of hydrogen-bond acceptors (Lipinski definition) is 3. The van der Waals surface area contributed by atoms with E-state index in [1.165, 1.54) is 4.88 Å². The molecule has 0 saturated carbocycles. The summed E-state index contributed by atoms with van der Waals surface area (Å²) in [5.74, 6) is 0.322. The second kappa shape index (κ2) is 6.17. The van der Waals surface area contributed by atoms with Gasteiger partial charge < -0.3 is 4.90 Å². The van der Waals surface area contributed by atoms with Gasteiger partial charge in [0, 0.05) is 44.0 Å². The molecule has 1 saturated heterocycles. The molecule has 3 nitrogen and oxygen atoms in total. The molecule has 1 amide bonds. The summed E-state index contributed by atoms with van der Waals surface area (Å²) in [7, 11) is 0. The van der Waals surface area contributed by atoms with E-state index >= 15 is 0 Å². The normalized spacial score (nSPS) is 17.4. The predicted molar refractivity (Wildman–Crippen MR) is 71.1 cm³/mol. The summed E-state index contributed by atoms with van der Waals surface area (Å²) >= 11 is 1.81. The monoisotopic (exact) mass is 252 g/mol. The maximum absolute atomic E-state index is 11.7. The van der Waals surface area contributed by atoms with Crippen LogP contribution in [0.1, 0.15) is 24.6 Å². The topological polar surface area (TPSA) is 23.6 Å². The molecule has 2 rings (SSSR count). The molecule has 1 aliphatic heterocycles. The van der Waals surface area contributed by atoms with Crippen LogP contribution in [0.15, 0.2) is 17.5 Å². The van der Waals surface area contributed by atoms with Crippen LogP contribution < -0.4 is 0 Å². The minimum atomic E-state index is 0.322. The van der Waals surface area contributed by atoms with Crippen molar-refractivity contribution >= 4 is 17.2 Å². The molecule has 0 aromatic carbocycles. The van der Waals surface area contributed by atoms with Crippen molar-refractivity contribution in [3.8, 4) is 0 Å². The third kappa shape index (κ3) is 3.54. The van der Waals surface area contributed by atoms with Gasteiger partial charge in [-0.25, -0.2) is 0 Å². The number of piperazine rings is 1. The molecule has 1 fully saturated rings. The summed E-state index contributed by atoms with van der Waals surface area (Å²) < 4.78 is 0. The third-order valence-corrected chi connectivity index (χ3v) is 4.01. The van der Waals surface area contributed by atoms with Gasteiger partial charge in [-0.2, -0.15) is 0 Å². The lowest BCUT2D eigenvalue weighted by atomic mass is 10.2. The molecule has 0 aliphatic carbocycles. The Labute approximate surface area is 107 Å². The van der Waals surface area contributed by atoms with E-state index < -0.39 is 0 Å². The summed E-state index contributed by atoms with van der Waals surface area (Å²) in [5, 5.41) is 2.12. The lowest BCUT2D eigenvalue weighted by Crippen LogP contribution is -2.48. The quantitative estimate of drug-likeness (QED) is 0.820. The largest absolute Gasteiger partial charge is 0.340 e. The van der Waals surface area contributed by atoms with E-state index in [2.05, 4.69) is 29.3 Å². The van der Waals surface area contributed by atoms with E-state index in [4.69, 9.17) is 0 Å². The average molecular weight is 252 g/mol. The van der Waals surface area contributed by atoms with Gasteiger partial charge in [-0.05, 0) is 17.9 Å². The number of carbonyl (C=O) groups is 1. The Bertz CT molecular complexity index is 342. The van der Waals surface area contributed by atoms with Crippen LogP contribution in [0.2, 0.25) is 0 Å². The molecule has 0 N–H and O–H groups in total. The van der Waals surface area contributed by atoms with E-state index in [-0.39, 0.29) is 0 Å². The van der Waals surface area contributed by atoms with Crippen molar-refractivity contribution in [1.82, 2.24) is 9.80 Å². The number of hydrogen-bond donors (Lipinski definition) is 0. The van der Waals surface area contributed by atoms with E-state index in [9.17, 15) is 4.79 Å². The van der Waals surface area contributed by atoms with E-state index in [1.807, 2.05) is 16.2 Å². The van der Waals surface area contributed by atoms with E-state index in [1.54, 1.807) is 0 Å². The Morgan fingerprint density at radius 2 is 2.12 bits per heavy atom. The zero-order valence-corrected chi connectivity index (χ0v) is 11.2. The molecule has 1 aliphatic rings. The second-order valence-corrected chi connectivity index (χ2v) is 5.52. The van der Waals surface area contributed by atoms with Crippen LogP contribution in [0.4, 0.5) is 0 Å². The lowest BCUT2D eigenvalue weighted by molar-refractivity contribution is -0.133. The van der Waals surface area contributed by atoms with Crippen LogP contribution in [0.5, 0.6) is 0 Å². The number of nitrogens with zero attached hydrogens (tertiary/aromatic N) is 2. The fourth-order valence-electron chi connectivity index (χ4n) is 2.15. The fraction of sp³-hybridized carbons (Fsp3) is 0.615. The van der Waals surface area contributed by atoms with Crippen LogP contribution in [0.3, 0.4) is 0 Å². The Morgan fingerprint density at radius 1 is 1.35 bits per heavy atom. The molecular formula is C13H20N2OS. The summed E-state index contributed by atoms with van der Waals surface area (Å²) in [6.07, 6.45) is 1.65. The van der Waals surface area contributed by atoms with Crippen LogP contribution in [0, 0.1) is 0 Å². The second-order valence-electron chi connectivity index (χ2n) is 4.49. The highest BCUT2D eigenvalue weighted by Crippen LogP contribution is 2.13. The highest BCUT2D eigenvalue weighted by molar-refractivity contribution is 7.09. The highest BCUT2D eigenvalue weighted by Gasteiger charge is 2.20. The molecule has 4 heteroatoms. The molecule has 0 atom stereocenters. The van der Waals surface area contributed by atoms with Crippen molar-refractivity contribution in [3.63, 3.8) is 0 Å². The van der Waals surface area contributed by atoms with Crippen molar-refractivity contribution in [2.45, 2.75) is 26.3 Å². The van der Waals surface area contributed by atoms with Crippen LogP contribution >= 0.6 is 11.3 Å². The minimum absolute atomic E-state index is 0.322. The Morgan fingerprint density at radius 3 is 2.71 bits per heavy atom. The third-order valence-electron chi connectivity index (χ3n) is 3.15. The van der Waals surface area contributed by atoms with Crippen molar-refractivity contribution in [2.75, 3.05) is 26.2 Å². The van der Waals surface area contributed by atoms with Crippen molar-refractivity contribution in [3.05, 3.63) is 22.4 Å². The molecule has 1 aromatic rings. The van der Waals surface area contributed by atoms with Gasteiger partial charge in [-0.3, -0.25) is 9.69 Å². The zero-order valence-electron chi connectivity index (χ0n) is 10.4. The minimum Gasteiger partial charge on any atom is -0.340 e. The smallest absolute Gasteiger partial charge is 0.222 e. The molecule has 0 unspecified atom stereocenters. The van der Waals surface area contributed by atoms with Gasteiger partial charge in [0.05, 0.1) is 0 Å². The zero-order chi connectivity index (χ0) is 12.1. The van der Waals surface area contributed by atoms with Crippen LogP contribution in [0.25, 0.3) is 0 Å². The van der Waals surface area contributed by atoms with Crippen molar-refractivity contribution in [2.24, 2.45) is 0 Å². The fourth-order valence-corrected chi connectivity index (χ4v) is 2.90. The highest BCUT2D eigenvalue weighted by atomic mass is 32.1. The van der Waals surface area contributed by atoms with E-state index in [0.29, 0.717) is 12.3 Å². The van der Waals surface area contributed by atoms with Gasteiger partial charge in [0.2, 0.25) is 5.91 Å². The molecule has 2 heterocycles. The summed E-state index contributed by atoms with van der Waals surface area (Å²) in [4.78, 5) is 17.6. The first-order chi connectivity index (χ1) is 8.29. The number of amides is 1. The molecule has 0 spiro atoms. The van der Waals surface area contributed by atoms with Gasteiger partial charge >= 0.3 is 0 Å². The van der Waals surface area contributed by atoms with Gasteiger partial charge in [0.25, 0.3) is 0 Å². The van der Waals surface area contributed by atoms with Gasteiger partial charge in [0.1, 0.15) is 0 Å². The maximum atomic E-state index is 11.7. The van der Waals surface area contributed by atoms with Crippen molar-refractivity contribution < 1.29 is 4.79 Å². The predicted octanol–water partition coefficient (Wildman–Crippen LogP) is 2.19. The first kappa shape index (κ1) is 12.6. The van der Waals surface area contributed by atoms with Crippen LogP contribution in [-0.2, 0) is 11.3 Å². The molecular weight excluding hydrogens is 232 g/mol. The standard InChI is InChI=1S/C13H20N2OS/c1-2-4-13(16)15-8-6-14(7-9-15)11-12-5-3-10-17-12/h3,5,10H,2,4,6-9,11H2,1H3. The SMILES string of the molecule is CCCC(=O)N1CCN(Cc2cccs2)CC1. The maximum Gasteiger partial charge on any atom is 0.222 e. The molecule has 17 heavy (non-hydrogen) atoms. The van der Waals surface area contributed by atoms with E-state index in [0.717, 1.165) is 39.1 Å². The molecule has 94 valence electrons. The van der Waals surface area contributed by atoms with Gasteiger partial charge in [-0.15, -0.1) is 11.3 Å². The summed E-state index contributed by atoms with van der Waals surface area (Å²) in [6, 6.07) is 4.28. The Balaban J connectivity index is 1.76. The molecule has 0 bridgehead atoms. The molecule has 0 radical (unpaired) electrons. The number of thiophene rings is 1. The lowest BCUT2D eigenvalue weighted by Gasteiger charge is -2.34.